The average molecular weight is 361 g/mol. The number of benzene rings is 1. The molecular formula is C19H19N7O. The van der Waals surface area contributed by atoms with Gasteiger partial charge in [0.15, 0.2) is 0 Å². The third-order valence-electron chi connectivity index (χ3n) is 5.06. The topological polar surface area (TPSA) is 109 Å². The lowest BCUT2D eigenvalue weighted by atomic mass is 9.93. The second kappa shape index (κ2) is 6.68. The smallest absolute Gasteiger partial charge is 0.319 e. The molecule has 2 N–H and O–H groups in total. The summed E-state index contributed by atoms with van der Waals surface area (Å²) >= 11 is 0. The molecule has 0 saturated heterocycles. The molecule has 0 spiro atoms. The van der Waals surface area contributed by atoms with Crippen molar-refractivity contribution in [3.05, 3.63) is 48.2 Å². The minimum absolute atomic E-state index is 0.114. The molecule has 4 rings (SSSR count). The molecule has 2 aromatic heterocycles. The van der Waals surface area contributed by atoms with Crippen molar-refractivity contribution in [2.45, 2.75) is 31.2 Å². The highest BCUT2D eigenvalue weighted by molar-refractivity contribution is 5.93. The van der Waals surface area contributed by atoms with Crippen LogP contribution in [0, 0.1) is 11.3 Å². The van der Waals surface area contributed by atoms with Crippen molar-refractivity contribution < 1.29 is 4.79 Å². The van der Waals surface area contributed by atoms with E-state index in [0.29, 0.717) is 11.4 Å². The van der Waals surface area contributed by atoms with Crippen molar-refractivity contribution in [1.29, 1.82) is 5.26 Å². The first-order valence-corrected chi connectivity index (χ1v) is 8.84. The summed E-state index contributed by atoms with van der Waals surface area (Å²) in [5, 5.41) is 20.2. The number of fused-ring (bicyclic) bond motifs is 1. The molecule has 0 bridgehead atoms. The summed E-state index contributed by atoms with van der Waals surface area (Å²) in [5.41, 5.74) is 1.81. The fraction of sp³-hybridized carbons (Fsp3) is 0.316. The molecule has 3 aromatic rings. The highest BCUT2D eigenvalue weighted by Gasteiger charge is 2.38. The summed E-state index contributed by atoms with van der Waals surface area (Å²) < 4.78 is 1.79. The largest absolute Gasteiger partial charge is 0.327 e. The van der Waals surface area contributed by atoms with Crippen LogP contribution in [0.2, 0.25) is 0 Å². The van der Waals surface area contributed by atoms with E-state index in [-0.39, 0.29) is 11.9 Å². The minimum atomic E-state index is -0.572. The molecule has 1 aliphatic rings. The molecule has 0 aliphatic heterocycles. The Labute approximate surface area is 156 Å². The Kier molecular flexibility index (Phi) is 4.20. The zero-order valence-electron chi connectivity index (χ0n) is 14.9. The van der Waals surface area contributed by atoms with Gasteiger partial charge in [-0.25, -0.2) is 14.8 Å². The van der Waals surface area contributed by atoms with Gasteiger partial charge in [0.05, 0.1) is 22.9 Å². The van der Waals surface area contributed by atoms with Crippen LogP contribution in [0.5, 0.6) is 0 Å². The molecule has 0 atom stereocenters. The molecule has 8 nitrogen and oxygen atoms in total. The average Bonchev–Trinajstić information content (AvgIpc) is 3.29. The maximum atomic E-state index is 12.7. The number of urea groups is 1. The fourth-order valence-corrected chi connectivity index (χ4v) is 3.72. The van der Waals surface area contributed by atoms with Gasteiger partial charge in [0.25, 0.3) is 0 Å². The number of anilines is 1. The van der Waals surface area contributed by atoms with E-state index in [4.69, 9.17) is 5.26 Å². The van der Waals surface area contributed by atoms with Gasteiger partial charge in [0, 0.05) is 24.3 Å². The number of carbonyl (C=O) groups excluding carboxylic acids is 1. The summed E-state index contributed by atoms with van der Waals surface area (Å²) in [6, 6.07) is 9.10. The molecule has 27 heavy (non-hydrogen) atoms. The van der Waals surface area contributed by atoms with Gasteiger partial charge in [-0.05, 0) is 37.1 Å². The van der Waals surface area contributed by atoms with Gasteiger partial charge in [-0.1, -0.05) is 12.8 Å². The molecule has 2 heterocycles. The number of aryl methyl sites for hydroxylation is 1. The normalized spacial score (nSPS) is 15.4. The number of aromatic nitrogens is 4. The van der Waals surface area contributed by atoms with Crippen LogP contribution in [0.4, 0.5) is 10.5 Å². The maximum absolute atomic E-state index is 12.7. The summed E-state index contributed by atoms with van der Waals surface area (Å²) in [5.74, 6) is 0.114. The lowest BCUT2D eigenvalue weighted by Gasteiger charge is -2.29. The van der Waals surface area contributed by atoms with Crippen LogP contribution in [0.15, 0.2) is 36.7 Å². The molecular weight excluding hydrogens is 342 g/mol. The third kappa shape index (κ3) is 3.19. The first-order chi connectivity index (χ1) is 13.1. The second-order valence-electron chi connectivity index (χ2n) is 6.79. The molecule has 1 aliphatic carbocycles. The molecule has 1 fully saturated rings. The first kappa shape index (κ1) is 17.0. The highest BCUT2D eigenvalue weighted by Crippen LogP contribution is 2.37. The van der Waals surface area contributed by atoms with Gasteiger partial charge in [0.1, 0.15) is 6.07 Å². The van der Waals surface area contributed by atoms with E-state index in [1.54, 1.807) is 23.1 Å². The van der Waals surface area contributed by atoms with E-state index >= 15 is 0 Å². The van der Waals surface area contributed by atoms with Crippen LogP contribution in [0.25, 0.3) is 10.9 Å². The Balaban J connectivity index is 1.56. The number of nitrogens with one attached hydrogen (secondary N) is 2. The Morgan fingerprint density at radius 3 is 2.89 bits per heavy atom. The molecule has 2 amide bonds. The SMILES string of the molecule is Cn1ncc2cc(NC(=O)NC3(c4ccnc(C#N)n4)CCCC3)ccc21. The van der Waals surface area contributed by atoms with Crippen LogP contribution in [-0.2, 0) is 12.6 Å². The van der Waals surface area contributed by atoms with Crippen molar-refractivity contribution in [2.75, 3.05) is 5.32 Å². The lowest BCUT2D eigenvalue weighted by molar-refractivity contribution is 0.235. The predicted molar refractivity (Wildman–Crippen MR) is 99.8 cm³/mol. The summed E-state index contributed by atoms with van der Waals surface area (Å²) in [6.07, 6.45) is 6.88. The van der Waals surface area contributed by atoms with Crippen LogP contribution in [-0.4, -0.2) is 25.8 Å². The van der Waals surface area contributed by atoms with Gasteiger partial charge in [-0.3, -0.25) is 4.68 Å². The first-order valence-electron chi connectivity index (χ1n) is 8.84. The molecule has 8 heteroatoms. The van der Waals surface area contributed by atoms with E-state index in [0.717, 1.165) is 36.6 Å². The zero-order valence-corrected chi connectivity index (χ0v) is 14.9. The monoisotopic (exact) mass is 361 g/mol. The predicted octanol–water partition coefficient (Wildman–Crippen LogP) is 2.83. The Hall–Kier alpha value is -3.47. The molecule has 1 aromatic carbocycles. The van der Waals surface area contributed by atoms with E-state index in [2.05, 4.69) is 25.7 Å². The molecule has 0 unspecified atom stereocenters. The van der Waals surface area contributed by atoms with Crippen LogP contribution in [0.3, 0.4) is 0 Å². The number of hydrogen-bond acceptors (Lipinski definition) is 5. The standard InChI is InChI=1S/C19H19N7O/c1-26-15-5-4-14(10-13(15)12-22-26)23-18(27)25-19(7-2-3-8-19)16-6-9-21-17(11-20)24-16/h4-6,9-10,12H,2-3,7-8H2,1H3,(H2,23,25,27). The van der Waals surface area contributed by atoms with Crippen molar-refractivity contribution >= 4 is 22.6 Å². The van der Waals surface area contributed by atoms with Crippen LogP contribution < -0.4 is 10.6 Å². The second-order valence-corrected chi connectivity index (χ2v) is 6.79. The number of carbonyl (C=O) groups is 1. The molecule has 136 valence electrons. The van der Waals surface area contributed by atoms with Gasteiger partial charge in [-0.15, -0.1) is 0 Å². The molecule has 0 radical (unpaired) electrons. The van der Waals surface area contributed by atoms with E-state index < -0.39 is 5.54 Å². The number of amides is 2. The number of nitrogens with zero attached hydrogens (tertiary/aromatic N) is 5. The fourth-order valence-electron chi connectivity index (χ4n) is 3.72. The lowest BCUT2D eigenvalue weighted by Crippen LogP contribution is -2.46. The Morgan fingerprint density at radius 2 is 2.11 bits per heavy atom. The highest BCUT2D eigenvalue weighted by atomic mass is 16.2. The molecule has 1 saturated carbocycles. The quantitative estimate of drug-likeness (QED) is 0.746. The Bertz CT molecular complexity index is 1040. The van der Waals surface area contributed by atoms with Gasteiger partial charge in [0.2, 0.25) is 5.82 Å². The van der Waals surface area contributed by atoms with Gasteiger partial charge < -0.3 is 10.6 Å². The van der Waals surface area contributed by atoms with Gasteiger partial charge in [-0.2, -0.15) is 10.4 Å². The number of nitriles is 1. The summed E-state index contributed by atoms with van der Waals surface area (Å²) in [7, 11) is 1.88. The number of rotatable bonds is 3. The third-order valence-corrected chi connectivity index (χ3v) is 5.06. The zero-order chi connectivity index (χ0) is 18.9. The summed E-state index contributed by atoms with van der Waals surface area (Å²) in [6.45, 7) is 0. The maximum Gasteiger partial charge on any atom is 0.319 e. The minimum Gasteiger partial charge on any atom is -0.327 e. The van der Waals surface area contributed by atoms with Crippen LogP contribution in [0.1, 0.15) is 37.2 Å². The van der Waals surface area contributed by atoms with Crippen molar-refractivity contribution in [3.8, 4) is 6.07 Å². The van der Waals surface area contributed by atoms with Gasteiger partial charge >= 0.3 is 6.03 Å². The summed E-state index contributed by atoms with van der Waals surface area (Å²) in [4.78, 5) is 20.9. The number of hydrogen-bond donors (Lipinski definition) is 2. The van der Waals surface area contributed by atoms with E-state index in [9.17, 15) is 4.79 Å². The van der Waals surface area contributed by atoms with E-state index in [1.807, 2.05) is 31.3 Å². The van der Waals surface area contributed by atoms with Crippen molar-refractivity contribution in [3.63, 3.8) is 0 Å². The van der Waals surface area contributed by atoms with E-state index in [1.165, 1.54) is 0 Å². The van der Waals surface area contributed by atoms with Crippen LogP contribution >= 0.6 is 0 Å². The Morgan fingerprint density at radius 1 is 1.30 bits per heavy atom. The van der Waals surface area contributed by atoms with Crippen molar-refractivity contribution in [2.24, 2.45) is 7.05 Å². The van der Waals surface area contributed by atoms with Crippen molar-refractivity contribution in [1.82, 2.24) is 25.1 Å².